The third-order valence-corrected chi connectivity index (χ3v) is 3.73. The Kier molecular flexibility index (Phi) is 6.61. The van der Waals surface area contributed by atoms with Gasteiger partial charge in [-0.15, -0.1) is 5.10 Å². The van der Waals surface area contributed by atoms with Crippen LogP contribution in [0.5, 0.6) is 5.75 Å². The molecular formula is C19H23FN6O2. The van der Waals surface area contributed by atoms with Crippen LogP contribution in [-0.2, 0) is 6.54 Å². The summed E-state index contributed by atoms with van der Waals surface area (Å²) in [6.07, 6.45) is 1.32. The van der Waals surface area contributed by atoms with E-state index in [4.69, 9.17) is 9.15 Å². The van der Waals surface area contributed by atoms with E-state index in [-0.39, 0.29) is 17.7 Å². The van der Waals surface area contributed by atoms with E-state index in [1.54, 1.807) is 36.6 Å². The van der Waals surface area contributed by atoms with Gasteiger partial charge < -0.3 is 19.8 Å². The van der Waals surface area contributed by atoms with Crippen LogP contribution in [0.15, 0.2) is 52.1 Å². The first-order valence-electron chi connectivity index (χ1n) is 9.04. The molecule has 2 heterocycles. The number of hydrogen-bond acceptors (Lipinski definition) is 5. The van der Waals surface area contributed by atoms with Gasteiger partial charge in [0.25, 0.3) is 0 Å². The summed E-state index contributed by atoms with van der Waals surface area (Å²) in [5.41, 5.74) is 0. The van der Waals surface area contributed by atoms with Crippen molar-refractivity contribution in [1.29, 1.82) is 0 Å². The van der Waals surface area contributed by atoms with Gasteiger partial charge in [-0.3, -0.25) is 5.10 Å². The second-order valence-corrected chi connectivity index (χ2v) is 6.02. The average Bonchev–Trinajstić information content (AvgIpc) is 3.37. The summed E-state index contributed by atoms with van der Waals surface area (Å²) < 4.78 is 24.6. The van der Waals surface area contributed by atoms with Gasteiger partial charge in [0, 0.05) is 6.54 Å². The quantitative estimate of drug-likeness (QED) is 0.407. The lowest BCUT2D eigenvalue weighted by Gasteiger charge is -2.17. The zero-order chi connectivity index (χ0) is 19.8. The Bertz CT molecular complexity index is 893. The maximum atomic E-state index is 13.7. The van der Waals surface area contributed by atoms with Crippen molar-refractivity contribution >= 4 is 5.96 Å². The fraction of sp³-hybridized carbons (Fsp3) is 0.316. The molecule has 0 fully saturated rings. The Morgan fingerprint density at radius 3 is 2.89 bits per heavy atom. The number of aromatic nitrogens is 3. The molecular weight excluding hydrogens is 363 g/mol. The molecule has 1 atom stereocenters. The molecule has 2 aromatic heterocycles. The molecule has 1 aromatic carbocycles. The zero-order valence-corrected chi connectivity index (χ0v) is 15.8. The van der Waals surface area contributed by atoms with Crippen molar-refractivity contribution in [1.82, 2.24) is 25.8 Å². The monoisotopic (exact) mass is 386 g/mol. The third kappa shape index (κ3) is 5.32. The lowest BCUT2D eigenvalue weighted by molar-refractivity contribution is 0.214. The second-order valence-electron chi connectivity index (χ2n) is 6.02. The molecule has 0 amide bonds. The van der Waals surface area contributed by atoms with Crippen molar-refractivity contribution in [3.8, 4) is 17.3 Å². The van der Waals surface area contributed by atoms with Crippen molar-refractivity contribution in [2.75, 3.05) is 13.1 Å². The lowest BCUT2D eigenvalue weighted by Crippen LogP contribution is -2.41. The number of rotatable bonds is 8. The summed E-state index contributed by atoms with van der Waals surface area (Å²) in [6, 6.07) is 9.90. The molecule has 3 rings (SSSR count). The standard InChI is InChI=1S/C19H23FN6O2/c1-3-21-19(22-11-13(2)28-15-8-5-4-7-14(15)20)23-12-17-24-18(26-25-17)16-9-6-10-27-16/h4-10,13H,3,11-12H2,1-2H3,(H2,21,22,23)(H,24,25,26). The fourth-order valence-electron chi connectivity index (χ4n) is 2.42. The highest BCUT2D eigenvalue weighted by atomic mass is 19.1. The van der Waals surface area contributed by atoms with Crippen LogP contribution in [0.3, 0.4) is 0 Å². The molecule has 1 unspecified atom stereocenters. The first kappa shape index (κ1) is 19.4. The molecule has 0 aliphatic heterocycles. The van der Waals surface area contributed by atoms with Gasteiger partial charge in [-0.05, 0) is 38.1 Å². The molecule has 9 heteroatoms. The van der Waals surface area contributed by atoms with Crippen LogP contribution in [0.4, 0.5) is 4.39 Å². The number of nitrogens with zero attached hydrogens (tertiary/aromatic N) is 3. The Labute approximate surface area is 162 Å². The van der Waals surface area contributed by atoms with Gasteiger partial charge in [0.1, 0.15) is 18.5 Å². The van der Waals surface area contributed by atoms with Crippen LogP contribution in [0.25, 0.3) is 11.6 Å². The summed E-state index contributed by atoms with van der Waals surface area (Å²) in [7, 11) is 0. The normalized spacial score (nSPS) is 12.6. The van der Waals surface area contributed by atoms with Crippen molar-refractivity contribution in [2.45, 2.75) is 26.5 Å². The zero-order valence-electron chi connectivity index (χ0n) is 15.8. The predicted octanol–water partition coefficient (Wildman–Crippen LogP) is 2.73. The van der Waals surface area contributed by atoms with E-state index < -0.39 is 0 Å². The van der Waals surface area contributed by atoms with E-state index in [0.717, 1.165) is 0 Å². The Balaban J connectivity index is 1.54. The van der Waals surface area contributed by atoms with Crippen molar-refractivity contribution in [3.63, 3.8) is 0 Å². The minimum absolute atomic E-state index is 0.228. The van der Waals surface area contributed by atoms with Crippen LogP contribution in [0.2, 0.25) is 0 Å². The number of aromatic amines is 1. The van der Waals surface area contributed by atoms with E-state index in [1.165, 1.54) is 6.07 Å². The molecule has 0 bridgehead atoms. The van der Waals surface area contributed by atoms with E-state index >= 15 is 0 Å². The summed E-state index contributed by atoms with van der Waals surface area (Å²) in [6.45, 7) is 5.29. The number of guanidine groups is 1. The van der Waals surface area contributed by atoms with Gasteiger partial charge in [-0.1, -0.05) is 12.1 Å². The minimum Gasteiger partial charge on any atom is -0.486 e. The highest BCUT2D eigenvalue weighted by Crippen LogP contribution is 2.17. The molecule has 0 saturated carbocycles. The van der Waals surface area contributed by atoms with Gasteiger partial charge in [-0.25, -0.2) is 14.4 Å². The van der Waals surface area contributed by atoms with Gasteiger partial charge in [-0.2, -0.15) is 0 Å². The second kappa shape index (κ2) is 9.54. The van der Waals surface area contributed by atoms with Gasteiger partial charge >= 0.3 is 0 Å². The number of furan rings is 1. The lowest BCUT2D eigenvalue weighted by atomic mass is 10.3. The van der Waals surface area contributed by atoms with E-state index in [2.05, 4.69) is 30.8 Å². The Morgan fingerprint density at radius 2 is 2.14 bits per heavy atom. The van der Waals surface area contributed by atoms with E-state index in [1.807, 2.05) is 13.8 Å². The minimum atomic E-state index is -0.382. The molecule has 0 aliphatic carbocycles. The van der Waals surface area contributed by atoms with Crippen molar-refractivity contribution < 1.29 is 13.5 Å². The maximum Gasteiger partial charge on any atom is 0.216 e. The predicted molar refractivity (Wildman–Crippen MR) is 103 cm³/mol. The maximum absolute atomic E-state index is 13.7. The summed E-state index contributed by atoms with van der Waals surface area (Å²) >= 11 is 0. The molecule has 0 radical (unpaired) electrons. The Morgan fingerprint density at radius 1 is 1.29 bits per heavy atom. The number of aliphatic imine (C=N–C) groups is 1. The van der Waals surface area contributed by atoms with Crippen LogP contribution in [-0.4, -0.2) is 40.3 Å². The largest absolute Gasteiger partial charge is 0.486 e. The summed E-state index contributed by atoms with van der Waals surface area (Å²) in [4.78, 5) is 8.83. The number of halogens is 1. The first-order valence-corrected chi connectivity index (χ1v) is 9.04. The molecule has 148 valence electrons. The molecule has 0 saturated heterocycles. The number of H-pyrrole nitrogens is 1. The SMILES string of the molecule is CCNC(=NCc1nc(-c2ccco2)n[nH]1)NCC(C)Oc1ccccc1F. The van der Waals surface area contributed by atoms with Gasteiger partial charge in [0.15, 0.2) is 23.3 Å². The smallest absolute Gasteiger partial charge is 0.216 e. The third-order valence-electron chi connectivity index (χ3n) is 3.73. The van der Waals surface area contributed by atoms with E-state index in [9.17, 15) is 4.39 Å². The molecule has 3 aromatic rings. The molecule has 8 nitrogen and oxygen atoms in total. The summed E-state index contributed by atoms with van der Waals surface area (Å²) in [5, 5.41) is 13.3. The first-order chi connectivity index (χ1) is 13.7. The number of benzene rings is 1. The molecule has 0 aliphatic rings. The summed E-state index contributed by atoms with van der Waals surface area (Å²) in [5.74, 6) is 2.14. The van der Waals surface area contributed by atoms with Crippen molar-refractivity contribution in [3.05, 3.63) is 54.3 Å². The topological polar surface area (TPSA) is 100 Å². The number of para-hydroxylation sites is 1. The van der Waals surface area contributed by atoms with Crippen LogP contribution in [0, 0.1) is 5.82 Å². The van der Waals surface area contributed by atoms with Crippen LogP contribution in [0.1, 0.15) is 19.7 Å². The van der Waals surface area contributed by atoms with Gasteiger partial charge in [0.2, 0.25) is 5.82 Å². The van der Waals surface area contributed by atoms with E-state index in [0.29, 0.717) is 43.0 Å². The van der Waals surface area contributed by atoms with Crippen LogP contribution >= 0.6 is 0 Å². The van der Waals surface area contributed by atoms with Gasteiger partial charge in [0.05, 0.1) is 12.8 Å². The number of ether oxygens (including phenoxy) is 1. The Hall–Kier alpha value is -3.36. The highest BCUT2D eigenvalue weighted by molar-refractivity contribution is 5.79. The molecule has 0 spiro atoms. The van der Waals surface area contributed by atoms with Crippen molar-refractivity contribution in [2.24, 2.45) is 4.99 Å². The number of nitrogens with one attached hydrogen (secondary N) is 3. The fourth-order valence-corrected chi connectivity index (χ4v) is 2.42. The molecule has 3 N–H and O–H groups in total. The number of hydrogen-bond donors (Lipinski definition) is 3. The average molecular weight is 386 g/mol. The highest BCUT2D eigenvalue weighted by Gasteiger charge is 2.10. The van der Waals surface area contributed by atoms with Crippen LogP contribution < -0.4 is 15.4 Å². The molecule has 28 heavy (non-hydrogen) atoms.